The van der Waals surface area contributed by atoms with Crippen molar-refractivity contribution in [3.63, 3.8) is 0 Å². The largest absolute Gasteiger partial charge is 0.381 e. The van der Waals surface area contributed by atoms with Crippen molar-refractivity contribution in [3.8, 4) is 0 Å². The van der Waals surface area contributed by atoms with Gasteiger partial charge in [0.05, 0.1) is 10.7 Å². The lowest BCUT2D eigenvalue weighted by atomic mass is 9.88. The second kappa shape index (κ2) is 6.87. The third kappa shape index (κ3) is 4.11. The van der Waals surface area contributed by atoms with E-state index in [1.807, 2.05) is 6.92 Å². The zero-order chi connectivity index (χ0) is 17.3. The van der Waals surface area contributed by atoms with E-state index in [2.05, 4.69) is 50.1 Å². The Labute approximate surface area is 143 Å². The van der Waals surface area contributed by atoms with Crippen LogP contribution in [-0.2, 0) is 10.2 Å². The maximum absolute atomic E-state index is 12.6. The number of hydrogen-bond acceptors (Lipinski definition) is 5. The summed E-state index contributed by atoms with van der Waals surface area (Å²) in [4.78, 5) is 20.2. The van der Waals surface area contributed by atoms with Crippen LogP contribution >= 0.6 is 11.3 Å². The Kier molecular flexibility index (Phi) is 5.48. The van der Waals surface area contributed by atoms with Crippen molar-refractivity contribution >= 4 is 17.2 Å². The van der Waals surface area contributed by atoms with Crippen LogP contribution in [-0.4, -0.2) is 55.2 Å². The molecule has 1 N–H and O–H groups in total. The highest BCUT2D eigenvalue weighted by atomic mass is 32.1. The molecule has 1 aliphatic heterocycles. The van der Waals surface area contributed by atoms with Gasteiger partial charge in [0.15, 0.2) is 0 Å². The zero-order valence-corrected chi connectivity index (χ0v) is 16.0. The third-order valence-corrected chi connectivity index (χ3v) is 6.18. The Hall–Kier alpha value is -0.980. The van der Waals surface area contributed by atoms with Gasteiger partial charge in [0.25, 0.3) is 5.91 Å². The predicted molar refractivity (Wildman–Crippen MR) is 94.4 cm³/mol. The third-order valence-electron chi connectivity index (χ3n) is 4.59. The van der Waals surface area contributed by atoms with Crippen LogP contribution in [0.25, 0.3) is 0 Å². The summed E-state index contributed by atoms with van der Waals surface area (Å²) in [5.41, 5.74) is 0.780. The molecule has 1 aliphatic rings. The highest BCUT2D eigenvalue weighted by Gasteiger charge is 2.35. The van der Waals surface area contributed by atoms with Crippen molar-refractivity contribution in [3.05, 3.63) is 15.6 Å². The van der Waals surface area contributed by atoms with Crippen molar-refractivity contribution in [1.82, 2.24) is 15.2 Å². The van der Waals surface area contributed by atoms with Crippen LogP contribution in [0.1, 0.15) is 54.0 Å². The Bertz CT molecular complexity index is 555. The van der Waals surface area contributed by atoms with E-state index in [-0.39, 0.29) is 16.9 Å². The van der Waals surface area contributed by atoms with E-state index < -0.39 is 0 Å². The fraction of sp³-hybridized carbons (Fsp3) is 0.765. The summed E-state index contributed by atoms with van der Waals surface area (Å²) in [6.45, 7) is 10.4. The summed E-state index contributed by atoms with van der Waals surface area (Å²) >= 11 is 1.51. The van der Waals surface area contributed by atoms with Crippen LogP contribution in [0, 0.1) is 6.92 Å². The highest BCUT2D eigenvalue weighted by molar-refractivity contribution is 7.14. The molecule has 0 radical (unpaired) electrons. The molecule has 2 rings (SSSR count). The predicted octanol–water partition coefficient (Wildman–Crippen LogP) is 2.59. The maximum atomic E-state index is 12.6. The number of carbonyl (C=O) groups is 1. The first-order chi connectivity index (χ1) is 10.7. The van der Waals surface area contributed by atoms with Crippen molar-refractivity contribution in [1.29, 1.82) is 0 Å². The summed E-state index contributed by atoms with van der Waals surface area (Å²) in [5.74, 6) is -0.0109. The van der Waals surface area contributed by atoms with Gasteiger partial charge in [-0.25, -0.2) is 4.98 Å². The van der Waals surface area contributed by atoms with E-state index >= 15 is 0 Å². The van der Waals surface area contributed by atoms with E-state index in [0.717, 1.165) is 41.6 Å². The monoisotopic (exact) mass is 339 g/mol. The highest BCUT2D eigenvalue weighted by Crippen LogP contribution is 2.30. The van der Waals surface area contributed by atoms with E-state index in [4.69, 9.17) is 4.74 Å². The Balaban J connectivity index is 2.08. The molecule has 0 bridgehead atoms. The van der Waals surface area contributed by atoms with Gasteiger partial charge < -0.3 is 15.0 Å². The van der Waals surface area contributed by atoms with E-state index in [1.165, 1.54) is 11.3 Å². The zero-order valence-electron chi connectivity index (χ0n) is 15.2. The van der Waals surface area contributed by atoms with Gasteiger partial charge in [-0.1, -0.05) is 20.8 Å². The van der Waals surface area contributed by atoms with Gasteiger partial charge in [-0.3, -0.25) is 4.79 Å². The molecule has 1 amide bonds. The van der Waals surface area contributed by atoms with Gasteiger partial charge in [0.1, 0.15) is 4.88 Å². The summed E-state index contributed by atoms with van der Waals surface area (Å²) in [7, 11) is 4.15. The van der Waals surface area contributed by atoms with Crippen LogP contribution in [0.15, 0.2) is 0 Å². The molecule has 1 fully saturated rings. The SMILES string of the molecule is Cc1nc(C(C)(C)C)sc1C(=O)NCC1(N(C)C)CCOCC1. The van der Waals surface area contributed by atoms with Crippen molar-refractivity contribution in [2.45, 2.75) is 51.5 Å². The summed E-state index contributed by atoms with van der Waals surface area (Å²) in [5, 5.41) is 4.14. The molecule has 2 heterocycles. The molecular formula is C17H29N3O2S. The molecule has 1 saturated heterocycles. The lowest BCUT2D eigenvalue weighted by molar-refractivity contribution is -0.00656. The minimum absolute atomic E-state index is 0.0109. The average Bonchev–Trinajstić information content (AvgIpc) is 2.88. The van der Waals surface area contributed by atoms with Crippen LogP contribution in [0.5, 0.6) is 0 Å². The molecule has 5 nitrogen and oxygen atoms in total. The Morgan fingerprint density at radius 3 is 2.43 bits per heavy atom. The maximum Gasteiger partial charge on any atom is 0.263 e. The fourth-order valence-corrected chi connectivity index (χ4v) is 3.83. The standard InChI is InChI=1S/C17H29N3O2S/c1-12-13(23-15(19-12)16(2,3)4)14(21)18-11-17(20(5)6)7-9-22-10-8-17/h7-11H2,1-6H3,(H,18,21). The van der Waals surface area contributed by atoms with E-state index in [0.29, 0.717) is 6.54 Å². The summed E-state index contributed by atoms with van der Waals surface area (Å²) < 4.78 is 5.48. The van der Waals surface area contributed by atoms with Crippen molar-refractivity contribution in [2.75, 3.05) is 33.9 Å². The minimum atomic E-state index is -0.0282. The molecule has 0 aliphatic carbocycles. The number of carbonyl (C=O) groups excluding carboxylic acids is 1. The second-order valence-electron chi connectivity index (χ2n) is 7.60. The number of aryl methyl sites for hydroxylation is 1. The molecule has 0 saturated carbocycles. The molecule has 0 spiro atoms. The quantitative estimate of drug-likeness (QED) is 0.916. The molecule has 1 aromatic rings. The van der Waals surface area contributed by atoms with Crippen LogP contribution in [0.2, 0.25) is 0 Å². The van der Waals surface area contributed by atoms with Gasteiger partial charge in [-0.05, 0) is 33.9 Å². The molecular weight excluding hydrogens is 310 g/mol. The lowest BCUT2D eigenvalue weighted by Gasteiger charge is -2.42. The molecule has 23 heavy (non-hydrogen) atoms. The van der Waals surface area contributed by atoms with E-state index in [1.54, 1.807) is 0 Å². The van der Waals surface area contributed by atoms with Gasteiger partial charge in [0, 0.05) is 30.7 Å². The fourth-order valence-electron chi connectivity index (χ4n) is 2.79. The van der Waals surface area contributed by atoms with Gasteiger partial charge in [-0.15, -0.1) is 11.3 Å². The molecule has 130 valence electrons. The number of thiazole rings is 1. The number of aromatic nitrogens is 1. The number of rotatable bonds is 4. The second-order valence-corrected chi connectivity index (χ2v) is 8.60. The first-order valence-corrected chi connectivity index (χ1v) is 8.99. The topological polar surface area (TPSA) is 54.5 Å². The summed E-state index contributed by atoms with van der Waals surface area (Å²) in [6.07, 6.45) is 1.88. The molecule has 6 heteroatoms. The molecule has 0 aromatic carbocycles. The Morgan fingerprint density at radius 1 is 1.35 bits per heavy atom. The van der Waals surface area contributed by atoms with Gasteiger partial charge in [-0.2, -0.15) is 0 Å². The lowest BCUT2D eigenvalue weighted by Crippen LogP contribution is -2.55. The molecule has 0 atom stereocenters. The smallest absolute Gasteiger partial charge is 0.263 e. The first kappa shape index (κ1) is 18.4. The number of nitrogens with one attached hydrogen (secondary N) is 1. The molecule has 1 aromatic heterocycles. The van der Waals surface area contributed by atoms with Gasteiger partial charge >= 0.3 is 0 Å². The van der Waals surface area contributed by atoms with Crippen molar-refractivity contribution < 1.29 is 9.53 Å². The van der Waals surface area contributed by atoms with Crippen LogP contribution in [0.4, 0.5) is 0 Å². The summed E-state index contributed by atoms with van der Waals surface area (Å²) in [6, 6.07) is 0. The molecule has 0 unspecified atom stereocenters. The van der Waals surface area contributed by atoms with Crippen LogP contribution < -0.4 is 5.32 Å². The number of ether oxygens (including phenoxy) is 1. The van der Waals surface area contributed by atoms with Crippen molar-refractivity contribution in [2.24, 2.45) is 0 Å². The number of amides is 1. The Morgan fingerprint density at radius 2 is 1.96 bits per heavy atom. The first-order valence-electron chi connectivity index (χ1n) is 8.17. The van der Waals surface area contributed by atoms with Gasteiger partial charge in [0.2, 0.25) is 0 Å². The number of nitrogens with zero attached hydrogens (tertiary/aromatic N) is 2. The normalized spacial score (nSPS) is 18.2. The van der Waals surface area contributed by atoms with Crippen LogP contribution in [0.3, 0.4) is 0 Å². The minimum Gasteiger partial charge on any atom is -0.381 e. The average molecular weight is 340 g/mol. The number of likely N-dealkylation sites (N-methyl/N-ethyl adjacent to an activating group) is 1. The van der Waals surface area contributed by atoms with E-state index in [9.17, 15) is 4.79 Å². The number of hydrogen-bond donors (Lipinski definition) is 1.